The zero-order chi connectivity index (χ0) is 10.4. The molecular weight excluding hydrogens is 186 g/mol. The second-order valence-electron chi connectivity index (χ2n) is 4.40. The van der Waals surface area contributed by atoms with Gasteiger partial charge in [0.15, 0.2) is 0 Å². The number of hydrogen-bond donors (Lipinski definition) is 0. The highest BCUT2D eigenvalue weighted by atomic mass is 15.1. The standard InChI is InChI=1S/C12H15N3/c1-8-9(2)15-6-5-14-12(15)10-3-4-13-7-11(8)10/h5-7,10-11H,3-4H2,1-2H3. The molecule has 0 bridgehead atoms. The summed E-state index contributed by atoms with van der Waals surface area (Å²) in [6.07, 6.45) is 7.21. The van der Waals surface area contributed by atoms with E-state index in [0.717, 1.165) is 13.0 Å². The van der Waals surface area contributed by atoms with Crippen molar-refractivity contribution in [1.82, 2.24) is 9.55 Å². The van der Waals surface area contributed by atoms with Gasteiger partial charge in [0.1, 0.15) is 5.82 Å². The van der Waals surface area contributed by atoms with E-state index in [9.17, 15) is 0 Å². The number of aliphatic imine (C=N–C) groups is 1. The minimum atomic E-state index is 0.480. The van der Waals surface area contributed by atoms with Gasteiger partial charge in [0.05, 0.1) is 0 Å². The summed E-state index contributed by atoms with van der Waals surface area (Å²) in [7, 11) is 0. The maximum atomic E-state index is 4.49. The molecule has 0 fully saturated rings. The first-order valence-electron chi connectivity index (χ1n) is 5.50. The summed E-state index contributed by atoms with van der Waals surface area (Å²) in [6, 6.07) is 0. The van der Waals surface area contributed by atoms with Gasteiger partial charge < -0.3 is 4.57 Å². The fraction of sp³-hybridized carbons (Fsp3) is 0.500. The van der Waals surface area contributed by atoms with Gasteiger partial charge in [0, 0.05) is 42.7 Å². The maximum absolute atomic E-state index is 4.49. The molecule has 0 aliphatic carbocycles. The summed E-state index contributed by atoms with van der Waals surface area (Å²) in [6.45, 7) is 5.33. The summed E-state index contributed by atoms with van der Waals surface area (Å²) >= 11 is 0. The van der Waals surface area contributed by atoms with E-state index in [-0.39, 0.29) is 0 Å². The Labute approximate surface area is 89.5 Å². The first kappa shape index (κ1) is 8.89. The second-order valence-corrected chi connectivity index (χ2v) is 4.40. The van der Waals surface area contributed by atoms with E-state index in [0.29, 0.717) is 11.8 Å². The van der Waals surface area contributed by atoms with Gasteiger partial charge in [-0.1, -0.05) is 0 Å². The highest BCUT2D eigenvalue weighted by Gasteiger charge is 2.33. The van der Waals surface area contributed by atoms with E-state index >= 15 is 0 Å². The van der Waals surface area contributed by atoms with Crippen LogP contribution in [0.15, 0.2) is 23.0 Å². The predicted molar refractivity (Wildman–Crippen MR) is 61.0 cm³/mol. The maximum Gasteiger partial charge on any atom is 0.117 e. The zero-order valence-corrected chi connectivity index (χ0v) is 9.14. The first-order valence-corrected chi connectivity index (χ1v) is 5.50. The molecule has 0 aromatic carbocycles. The SMILES string of the molecule is CC1=C(C)n2ccnc2C2CCN=CC12. The average Bonchev–Trinajstić information content (AvgIpc) is 2.75. The molecule has 78 valence electrons. The number of allylic oxidation sites excluding steroid dienone is 2. The Hall–Kier alpha value is -1.38. The van der Waals surface area contributed by atoms with Crippen LogP contribution in [0, 0.1) is 5.92 Å². The molecule has 3 heterocycles. The van der Waals surface area contributed by atoms with Gasteiger partial charge in [-0.3, -0.25) is 4.99 Å². The molecule has 2 unspecified atom stereocenters. The number of hydrogen-bond acceptors (Lipinski definition) is 2. The van der Waals surface area contributed by atoms with Crippen molar-refractivity contribution in [2.75, 3.05) is 6.54 Å². The summed E-state index contributed by atoms with van der Waals surface area (Å²) in [4.78, 5) is 8.90. The van der Waals surface area contributed by atoms with E-state index < -0.39 is 0 Å². The smallest absolute Gasteiger partial charge is 0.117 e. The summed E-state index contributed by atoms with van der Waals surface area (Å²) in [5.41, 5.74) is 2.76. The van der Waals surface area contributed by atoms with Crippen LogP contribution in [0.1, 0.15) is 32.0 Å². The molecule has 3 heteroatoms. The van der Waals surface area contributed by atoms with Crippen LogP contribution in [0.5, 0.6) is 0 Å². The Balaban J connectivity index is 2.21. The van der Waals surface area contributed by atoms with Crippen molar-refractivity contribution in [2.24, 2.45) is 10.9 Å². The van der Waals surface area contributed by atoms with E-state index in [1.807, 2.05) is 6.20 Å². The highest BCUT2D eigenvalue weighted by molar-refractivity contribution is 5.73. The Morgan fingerprint density at radius 1 is 1.40 bits per heavy atom. The van der Waals surface area contributed by atoms with Crippen molar-refractivity contribution in [3.8, 4) is 0 Å². The lowest BCUT2D eigenvalue weighted by Gasteiger charge is -2.33. The minimum Gasteiger partial charge on any atom is -0.308 e. The van der Waals surface area contributed by atoms with Crippen molar-refractivity contribution >= 4 is 11.9 Å². The summed E-state index contributed by atoms with van der Waals surface area (Å²) < 4.78 is 2.23. The number of fused-ring (bicyclic) bond motifs is 3. The van der Waals surface area contributed by atoms with E-state index in [4.69, 9.17) is 0 Å². The van der Waals surface area contributed by atoms with E-state index in [2.05, 4.69) is 40.8 Å². The molecule has 1 aromatic heterocycles. The minimum absolute atomic E-state index is 0.480. The topological polar surface area (TPSA) is 30.2 Å². The molecule has 0 N–H and O–H groups in total. The van der Waals surface area contributed by atoms with Gasteiger partial charge in [-0.05, 0) is 25.8 Å². The van der Waals surface area contributed by atoms with Crippen LogP contribution in [-0.4, -0.2) is 22.3 Å². The van der Waals surface area contributed by atoms with E-state index in [1.54, 1.807) is 0 Å². The molecule has 2 aliphatic rings. The van der Waals surface area contributed by atoms with Crippen LogP contribution < -0.4 is 0 Å². The van der Waals surface area contributed by atoms with Gasteiger partial charge in [-0.25, -0.2) is 4.98 Å². The number of rotatable bonds is 0. The molecule has 3 nitrogen and oxygen atoms in total. The predicted octanol–water partition coefficient (Wildman–Crippen LogP) is 2.32. The largest absolute Gasteiger partial charge is 0.308 e. The van der Waals surface area contributed by atoms with Gasteiger partial charge in [0.25, 0.3) is 0 Å². The lowest BCUT2D eigenvalue weighted by Crippen LogP contribution is -2.28. The lowest BCUT2D eigenvalue weighted by molar-refractivity contribution is 0.494. The van der Waals surface area contributed by atoms with Crippen molar-refractivity contribution in [2.45, 2.75) is 26.2 Å². The molecule has 0 spiro atoms. The van der Waals surface area contributed by atoms with Crippen LogP contribution in [0.2, 0.25) is 0 Å². The third kappa shape index (κ3) is 1.12. The van der Waals surface area contributed by atoms with Crippen LogP contribution in [0.25, 0.3) is 5.70 Å². The van der Waals surface area contributed by atoms with Gasteiger partial charge >= 0.3 is 0 Å². The number of aromatic nitrogens is 2. The Bertz CT molecular complexity index is 453. The summed E-state index contributed by atoms with van der Waals surface area (Å²) in [5.74, 6) is 2.24. The molecule has 0 saturated heterocycles. The fourth-order valence-electron chi connectivity index (χ4n) is 2.69. The fourth-order valence-corrected chi connectivity index (χ4v) is 2.69. The lowest BCUT2D eigenvalue weighted by atomic mass is 9.80. The first-order chi connectivity index (χ1) is 7.29. The second kappa shape index (κ2) is 3.05. The molecule has 15 heavy (non-hydrogen) atoms. The Kier molecular flexibility index (Phi) is 1.81. The average molecular weight is 201 g/mol. The molecular formula is C12H15N3. The molecule has 1 aromatic rings. The number of nitrogens with zero attached hydrogens (tertiary/aromatic N) is 3. The molecule has 2 atom stereocenters. The normalized spacial score (nSPS) is 28.9. The van der Waals surface area contributed by atoms with Crippen LogP contribution in [-0.2, 0) is 0 Å². The van der Waals surface area contributed by atoms with E-state index in [1.165, 1.54) is 17.1 Å². The quantitative estimate of drug-likeness (QED) is 0.633. The summed E-state index contributed by atoms with van der Waals surface area (Å²) in [5, 5.41) is 0. The molecule has 0 saturated carbocycles. The Morgan fingerprint density at radius 2 is 2.27 bits per heavy atom. The Morgan fingerprint density at radius 3 is 3.13 bits per heavy atom. The van der Waals surface area contributed by atoms with Crippen molar-refractivity contribution < 1.29 is 0 Å². The van der Waals surface area contributed by atoms with Gasteiger partial charge in [-0.15, -0.1) is 0 Å². The van der Waals surface area contributed by atoms with Gasteiger partial charge in [0.2, 0.25) is 0 Å². The van der Waals surface area contributed by atoms with Crippen molar-refractivity contribution in [3.05, 3.63) is 23.8 Å². The molecule has 0 amide bonds. The van der Waals surface area contributed by atoms with Crippen molar-refractivity contribution in [1.29, 1.82) is 0 Å². The monoisotopic (exact) mass is 201 g/mol. The third-order valence-electron chi connectivity index (χ3n) is 3.70. The highest BCUT2D eigenvalue weighted by Crippen LogP contribution is 2.40. The molecule has 3 rings (SSSR count). The molecule has 2 aliphatic heterocycles. The van der Waals surface area contributed by atoms with Crippen LogP contribution in [0.3, 0.4) is 0 Å². The van der Waals surface area contributed by atoms with Crippen LogP contribution >= 0.6 is 0 Å². The van der Waals surface area contributed by atoms with Gasteiger partial charge in [-0.2, -0.15) is 0 Å². The molecule has 0 radical (unpaired) electrons. The van der Waals surface area contributed by atoms with Crippen molar-refractivity contribution in [3.63, 3.8) is 0 Å². The number of imidazole rings is 1. The van der Waals surface area contributed by atoms with Crippen LogP contribution in [0.4, 0.5) is 0 Å². The third-order valence-corrected chi connectivity index (χ3v) is 3.70. The zero-order valence-electron chi connectivity index (χ0n) is 9.14.